The van der Waals surface area contributed by atoms with Crippen LogP contribution in [-0.2, 0) is 4.79 Å². The Hall–Kier alpha value is -1.56. The Morgan fingerprint density at radius 1 is 1.39 bits per heavy atom. The Morgan fingerprint density at radius 3 is 2.61 bits per heavy atom. The molecule has 0 heterocycles. The molecule has 0 spiro atoms. The van der Waals surface area contributed by atoms with E-state index in [1.54, 1.807) is 32.3 Å². The molecule has 0 aliphatic rings. The van der Waals surface area contributed by atoms with Crippen LogP contribution >= 0.6 is 15.9 Å². The second-order valence-electron chi connectivity index (χ2n) is 4.03. The molecular weight excluding hydrogens is 298 g/mol. The molecule has 0 unspecified atom stereocenters. The van der Waals surface area contributed by atoms with Crippen LogP contribution in [-0.4, -0.2) is 37.4 Å². The standard InChI is InChI=1S/C12H16BrN3O2/c1-16(2)11(17)5-6-15-12(18)8-3-4-10(14)9(13)7-8/h3-4,7H,5-6,14H2,1-2H3,(H,15,18). The maximum atomic E-state index is 11.8. The summed E-state index contributed by atoms with van der Waals surface area (Å²) < 4.78 is 0.680. The number of nitrogen functional groups attached to an aromatic ring is 1. The number of halogens is 1. The summed E-state index contributed by atoms with van der Waals surface area (Å²) >= 11 is 3.26. The number of benzene rings is 1. The fraction of sp³-hybridized carbons (Fsp3) is 0.333. The van der Waals surface area contributed by atoms with Crippen molar-refractivity contribution >= 4 is 33.4 Å². The van der Waals surface area contributed by atoms with Crippen molar-refractivity contribution in [1.29, 1.82) is 0 Å². The van der Waals surface area contributed by atoms with Crippen molar-refractivity contribution in [3.8, 4) is 0 Å². The second-order valence-corrected chi connectivity index (χ2v) is 4.88. The normalized spacial score (nSPS) is 9.94. The van der Waals surface area contributed by atoms with Gasteiger partial charge in [-0.05, 0) is 34.1 Å². The van der Waals surface area contributed by atoms with Crippen LogP contribution in [0.4, 0.5) is 5.69 Å². The van der Waals surface area contributed by atoms with Crippen molar-refractivity contribution in [2.24, 2.45) is 0 Å². The molecule has 0 aliphatic carbocycles. The highest BCUT2D eigenvalue weighted by atomic mass is 79.9. The van der Waals surface area contributed by atoms with E-state index in [1.165, 1.54) is 4.90 Å². The molecule has 0 bridgehead atoms. The van der Waals surface area contributed by atoms with Gasteiger partial charge < -0.3 is 16.0 Å². The predicted molar refractivity (Wildman–Crippen MR) is 74.2 cm³/mol. The van der Waals surface area contributed by atoms with Crippen LogP contribution in [0.25, 0.3) is 0 Å². The summed E-state index contributed by atoms with van der Waals surface area (Å²) in [6.07, 6.45) is 0.287. The van der Waals surface area contributed by atoms with Gasteiger partial charge in [-0.1, -0.05) is 0 Å². The maximum Gasteiger partial charge on any atom is 0.251 e. The van der Waals surface area contributed by atoms with Crippen LogP contribution in [0.15, 0.2) is 22.7 Å². The first-order valence-corrected chi connectivity index (χ1v) is 6.24. The average molecular weight is 314 g/mol. The number of carbonyl (C=O) groups is 2. The van der Waals surface area contributed by atoms with E-state index in [-0.39, 0.29) is 18.2 Å². The minimum Gasteiger partial charge on any atom is -0.398 e. The van der Waals surface area contributed by atoms with Crippen LogP contribution in [0.3, 0.4) is 0 Å². The number of carbonyl (C=O) groups excluding carboxylic acids is 2. The summed E-state index contributed by atoms with van der Waals surface area (Å²) in [5.74, 6) is -0.240. The van der Waals surface area contributed by atoms with Gasteiger partial charge in [-0.3, -0.25) is 9.59 Å². The molecule has 2 amide bonds. The van der Waals surface area contributed by atoms with Gasteiger partial charge in [0, 0.05) is 42.8 Å². The molecule has 0 atom stereocenters. The lowest BCUT2D eigenvalue weighted by Crippen LogP contribution is -2.30. The molecule has 0 saturated carbocycles. The highest BCUT2D eigenvalue weighted by Crippen LogP contribution is 2.20. The SMILES string of the molecule is CN(C)C(=O)CCNC(=O)c1ccc(N)c(Br)c1. The van der Waals surface area contributed by atoms with Gasteiger partial charge in [-0.2, -0.15) is 0 Å². The minimum absolute atomic E-state index is 0.0196. The minimum atomic E-state index is -0.220. The lowest BCUT2D eigenvalue weighted by molar-refractivity contribution is -0.128. The third-order valence-corrected chi connectivity index (χ3v) is 3.07. The first-order chi connectivity index (χ1) is 8.41. The van der Waals surface area contributed by atoms with Gasteiger partial charge in [0.25, 0.3) is 5.91 Å². The number of anilines is 1. The number of amides is 2. The van der Waals surface area contributed by atoms with E-state index in [4.69, 9.17) is 5.73 Å². The lowest BCUT2D eigenvalue weighted by atomic mass is 10.2. The number of nitrogens with zero attached hydrogens (tertiary/aromatic N) is 1. The number of hydrogen-bond donors (Lipinski definition) is 2. The third-order valence-electron chi connectivity index (χ3n) is 2.39. The molecule has 3 N–H and O–H groups in total. The van der Waals surface area contributed by atoms with E-state index in [1.807, 2.05) is 0 Å². The van der Waals surface area contributed by atoms with Gasteiger partial charge in [0.05, 0.1) is 0 Å². The Balaban J connectivity index is 2.50. The maximum absolute atomic E-state index is 11.8. The monoisotopic (exact) mass is 313 g/mol. The summed E-state index contributed by atoms with van der Waals surface area (Å²) in [4.78, 5) is 24.6. The van der Waals surface area contributed by atoms with Crippen molar-refractivity contribution in [3.05, 3.63) is 28.2 Å². The van der Waals surface area contributed by atoms with Crippen molar-refractivity contribution in [1.82, 2.24) is 10.2 Å². The molecule has 1 aromatic rings. The fourth-order valence-corrected chi connectivity index (χ4v) is 1.66. The predicted octanol–water partition coefficient (Wildman–Crippen LogP) is 1.24. The number of nitrogens with one attached hydrogen (secondary N) is 1. The quantitative estimate of drug-likeness (QED) is 0.821. The zero-order valence-electron chi connectivity index (χ0n) is 10.4. The van der Waals surface area contributed by atoms with Crippen LogP contribution in [0.2, 0.25) is 0 Å². The third kappa shape index (κ3) is 4.03. The summed E-state index contributed by atoms with van der Waals surface area (Å²) in [5.41, 5.74) is 6.72. The molecule has 98 valence electrons. The van der Waals surface area contributed by atoms with E-state index in [2.05, 4.69) is 21.2 Å². The molecule has 6 heteroatoms. The molecular formula is C12H16BrN3O2. The van der Waals surface area contributed by atoms with Crippen LogP contribution in [0.5, 0.6) is 0 Å². The first kappa shape index (κ1) is 14.5. The number of nitrogens with two attached hydrogens (primary N) is 1. The molecule has 1 aromatic carbocycles. The number of rotatable bonds is 4. The van der Waals surface area contributed by atoms with Crippen LogP contribution in [0.1, 0.15) is 16.8 Å². The molecule has 18 heavy (non-hydrogen) atoms. The van der Waals surface area contributed by atoms with Crippen molar-refractivity contribution in [2.75, 3.05) is 26.4 Å². The average Bonchev–Trinajstić information content (AvgIpc) is 2.32. The summed E-state index contributed by atoms with van der Waals surface area (Å²) in [6, 6.07) is 4.95. The second kappa shape index (κ2) is 6.39. The van der Waals surface area contributed by atoms with Gasteiger partial charge >= 0.3 is 0 Å². The lowest BCUT2D eigenvalue weighted by Gasteiger charge is -2.10. The summed E-state index contributed by atoms with van der Waals surface area (Å²) in [6.45, 7) is 0.317. The topological polar surface area (TPSA) is 75.4 Å². The van der Waals surface area contributed by atoms with Gasteiger partial charge in [0.15, 0.2) is 0 Å². The zero-order valence-corrected chi connectivity index (χ0v) is 12.0. The highest BCUT2D eigenvalue weighted by Gasteiger charge is 2.08. The molecule has 0 radical (unpaired) electrons. The Labute approximate surface area is 114 Å². The highest BCUT2D eigenvalue weighted by molar-refractivity contribution is 9.10. The molecule has 0 fully saturated rings. The van der Waals surface area contributed by atoms with E-state index in [0.717, 1.165) is 0 Å². The molecule has 1 rings (SSSR count). The zero-order chi connectivity index (χ0) is 13.7. The summed E-state index contributed by atoms with van der Waals surface area (Å²) in [5, 5.41) is 2.68. The van der Waals surface area contributed by atoms with E-state index >= 15 is 0 Å². The number of hydrogen-bond acceptors (Lipinski definition) is 3. The Morgan fingerprint density at radius 2 is 2.06 bits per heavy atom. The molecule has 0 saturated heterocycles. The fourth-order valence-electron chi connectivity index (χ4n) is 1.28. The van der Waals surface area contributed by atoms with Gasteiger partial charge in [-0.15, -0.1) is 0 Å². The van der Waals surface area contributed by atoms with Crippen molar-refractivity contribution < 1.29 is 9.59 Å². The molecule has 0 aliphatic heterocycles. The van der Waals surface area contributed by atoms with E-state index in [9.17, 15) is 9.59 Å². The van der Waals surface area contributed by atoms with Gasteiger partial charge in [0.1, 0.15) is 0 Å². The van der Waals surface area contributed by atoms with Gasteiger partial charge in [0.2, 0.25) is 5.91 Å². The Bertz CT molecular complexity index is 461. The van der Waals surface area contributed by atoms with Crippen LogP contribution < -0.4 is 11.1 Å². The molecule has 5 nitrogen and oxygen atoms in total. The largest absolute Gasteiger partial charge is 0.398 e. The summed E-state index contributed by atoms with van der Waals surface area (Å²) in [7, 11) is 3.36. The smallest absolute Gasteiger partial charge is 0.251 e. The van der Waals surface area contributed by atoms with E-state index < -0.39 is 0 Å². The van der Waals surface area contributed by atoms with Crippen LogP contribution in [0, 0.1) is 0 Å². The van der Waals surface area contributed by atoms with Crippen molar-refractivity contribution in [2.45, 2.75) is 6.42 Å². The van der Waals surface area contributed by atoms with Crippen molar-refractivity contribution in [3.63, 3.8) is 0 Å². The first-order valence-electron chi connectivity index (χ1n) is 5.45. The molecule has 0 aromatic heterocycles. The van der Waals surface area contributed by atoms with E-state index in [0.29, 0.717) is 22.3 Å². The Kier molecular flexibility index (Phi) is 5.15. The van der Waals surface area contributed by atoms with Gasteiger partial charge in [-0.25, -0.2) is 0 Å².